The molecule has 2 rings (SSSR count). The highest BCUT2D eigenvalue weighted by atomic mass is 16.5. The Balaban J connectivity index is 1.96. The molecule has 0 saturated carbocycles. The van der Waals surface area contributed by atoms with Crippen molar-refractivity contribution in [3.63, 3.8) is 0 Å². The van der Waals surface area contributed by atoms with Crippen molar-refractivity contribution in [1.82, 2.24) is 4.98 Å². The quantitative estimate of drug-likeness (QED) is 0.886. The van der Waals surface area contributed by atoms with Crippen LogP contribution in [0.2, 0.25) is 0 Å². The number of aryl methyl sites for hydroxylation is 2. The van der Waals surface area contributed by atoms with Gasteiger partial charge in [0.05, 0.1) is 17.5 Å². The van der Waals surface area contributed by atoms with Gasteiger partial charge in [0.15, 0.2) is 0 Å². The molecule has 100 valence electrons. The molecule has 1 aliphatic rings. The first-order chi connectivity index (χ1) is 8.69. The summed E-state index contributed by atoms with van der Waals surface area (Å²) in [4.78, 5) is 4.50. The zero-order valence-electron chi connectivity index (χ0n) is 11.7. The Morgan fingerprint density at radius 1 is 1.39 bits per heavy atom. The second-order valence-electron chi connectivity index (χ2n) is 5.23. The Morgan fingerprint density at radius 3 is 2.94 bits per heavy atom. The van der Waals surface area contributed by atoms with E-state index in [-0.39, 0.29) is 0 Å². The van der Waals surface area contributed by atoms with Crippen molar-refractivity contribution in [3.05, 3.63) is 23.5 Å². The van der Waals surface area contributed by atoms with Crippen molar-refractivity contribution in [1.29, 1.82) is 0 Å². The van der Waals surface area contributed by atoms with E-state index < -0.39 is 0 Å². The van der Waals surface area contributed by atoms with Gasteiger partial charge in [-0.1, -0.05) is 13.3 Å². The van der Waals surface area contributed by atoms with E-state index in [4.69, 9.17) is 4.74 Å². The third-order valence-corrected chi connectivity index (χ3v) is 3.56. The minimum atomic E-state index is 0.431. The predicted molar refractivity (Wildman–Crippen MR) is 75.0 cm³/mol. The largest absolute Gasteiger partial charge is 0.381 e. The third-order valence-electron chi connectivity index (χ3n) is 3.56. The fourth-order valence-electron chi connectivity index (χ4n) is 2.59. The first-order valence-electron chi connectivity index (χ1n) is 7.01. The summed E-state index contributed by atoms with van der Waals surface area (Å²) < 4.78 is 5.78. The summed E-state index contributed by atoms with van der Waals surface area (Å²) >= 11 is 0. The van der Waals surface area contributed by atoms with Crippen LogP contribution >= 0.6 is 0 Å². The molecule has 18 heavy (non-hydrogen) atoms. The number of anilines is 1. The Kier molecular flexibility index (Phi) is 4.59. The van der Waals surface area contributed by atoms with Gasteiger partial charge in [0.25, 0.3) is 0 Å². The molecule has 0 radical (unpaired) electrons. The maximum absolute atomic E-state index is 5.78. The number of ether oxygens (including phenoxy) is 1. The number of aromatic nitrogens is 1. The van der Waals surface area contributed by atoms with E-state index in [2.05, 4.69) is 36.3 Å². The minimum Gasteiger partial charge on any atom is -0.381 e. The molecule has 3 nitrogen and oxygen atoms in total. The molecular formula is C15H24N2O. The van der Waals surface area contributed by atoms with E-state index >= 15 is 0 Å². The van der Waals surface area contributed by atoms with E-state index in [1.807, 2.05) is 6.92 Å². The van der Waals surface area contributed by atoms with Gasteiger partial charge >= 0.3 is 0 Å². The highest BCUT2D eigenvalue weighted by Crippen LogP contribution is 2.22. The highest BCUT2D eigenvalue weighted by molar-refractivity contribution is 5.48. The molecule has 1 N–H and O–H groups in total. The summed E-state index contributed by atoms with van der Waals surface area (Å²) in [5.74, 6) is 0. The van der Waals surface area contributed by atoms with Crippen molar-refractivity contribution in [2.45, 2.75) is 58.6 Å². The van der Waals surface area contributed by atoms with Crippen molar-refractivity contribution in [2.24, 2.45) is 0 Å². The molecule has 0 bridgehead atoms. The van der Waals surface area contributed by atoms with Gasteiger partial charge < -0.3 is 10.1 Å². The zero-order valence-corrected chi connectivity index (χ0v) is 11.7. The lowest BCUT2D eigenvalue weighted by Gasteiger charge is -2.31. The number of hydrogen-bond acceptors (Lipinski definition) is 3. The Hall–Kier alpha value is -1.09. The molecule has 3 heteroatoms. The Labute approximate surface area is 110 Å². The van der Waals surface area contributed by atoms with Crippen LogP contribution in [0.25, 0.3) is 0 Å². The van der Waals surface area contributed by atoms with Crippen molar-refractivity contribution in [3.8, 4) is 0 Å². The molecule has 2 atom stereocenters. The van der Waals surface area contributed by atoms with Gasteiger partial charge in [-0.3, -0.25) is 4.98 Å². The van der Waals surface area contributed by atoms with Gasteiger partial charge in [-0.15, -0.1) is 0 Å². The molecule has 0 aromatic carbocycles. The lowest BCUT2D eigenvalue weighted by Crippen LogP contribution is -2.34. The van der Waals surface area contributed by atoms with Gasteiger partial charge in [0, 0.05) is 18.3 Å². The number of rotatable bonds is 4. The third kappa shape index (κ3) is 3.45. The SMILES string of the molecule is CCCC1CC(Nc2ccc(C)nc2C)CCO1. The first kappa shape index (κ1) is 13.3. The van der Waals surface area contributed by atoms with Crippen LogP contribution in [0.1, 0.15) is 44.0 Å². The molecule has 0 amide bonds. The predicted octanol–water partition coefficient (Wildman–Crippen LogP) is 3.46. The van der Waals surface area contributed by atoms with E-state index in [1.165, 1.54) is 18.5 Å². The lowest BCUT2D eigenvalue weighted by atomic mass is 10.00. The monoisotopic (exact) mass is 248 g/mol. The molecule has 1 aromatic heterocycles. The summed E-state index contributed by atoms with van der Waals surface area (Å²) in [5, 5.41) is 3.62. The fourth-order valence-corrected chi connectivity index (χ4v) is 2.59. The van der Waals surface area contributed by atoms with E-state index in [1.54, 1.807) is 0 Å². The average molecular weight is 248 g/mol. The standard InChI is InChI=1S/C15H24N2O/c1-4-5-14-10-13(8-9-18-14)17-15-7-6-11(2)16-12(15)3/h6-7,13-14,17H,4-5,8-10H2,1-3H3. The summed E-state index contributed by atoms with van der Waals surface area (Å²) in [7, 11) is 0. The molecule has 2 heterocycles. The first-order valence-corrected chi connectivity index (χ1v) is 7.01. The summed E-state index contributed by atoms with van der Waals surface area (Å²) in [6, 6.07) is 4.73. The maximum atomic E-state index is 5.78. The molecular weight excluding hydrogens is 224 g/mol. The van der Waals surface area contributed by atoms with Crippen molar-refractivity contribution < 1.29 is 4.74 Å². The number of nitrogens with zero attached hydrogens (tertiary/aromatic N) is 1. The molecule has 1 saturated heterocycles. The smallest absolute Gasteiger partial charge is 0.0606 e. The topological polar surface area (TPSA) is 34.2 Å². The van der Waals surface area contributed by atoms with Crippen LogP contribution in [0.3, 0.4) is 0 Å². The second-order valence-corrected chi connectivity index (χ2v) is 5.23. The lowest BCUT2D eigenvalue weighted by molar-refractivity contribution is 0.00596. The fraction of sp³-hybridized carbons (Fsp3) is 0.667. The zero-order chi connectivity index (χ0) is 13.0. The van der Waals surface area contributed by atoms with Crippen molar-refractivity contribution in [2.75, 3.05) is 11.9 Å². The molecule has 1 aromatic rings. The van der Waals surface area contributed by atoms with Crippen LogP contribution in [-0.4, -0.2) is 23.7 Å². The Morgan fingerprint density at radius 2 is 2.22 bits per heavy atom. The van der Waals surface area contributed by atoms with Gasteiger partial charge in [0.2, 0.25) is 0 Å². The number of pyridine rings is 1. The van der Waals surface area contributed by atoms with Crippen LogP contribution in [0, 0.1) is 13.8 Å². The highest BCUT2D eigenvalue weighted by Gasteiger charge is 2.22. The van der Waals surface area contributed by atoms with Gasteiger partial charge in [-0.2, -0.15) is 0 Å². The molecule has 2 unspecified atom stereocenters. The molecule has 1 aliphatic heterocycles. The normalized spacial score (nSPS) is 23.9. The van der Waals surface area contributed by atoms with Crippen LogP contribution in [0.4, 0.5) is 5.69 Å². The second kappa shape index (κ2) is 6.19. The van der Waals surface area contributed by atoms with Crippen LogP contribution < -0.4 is 5.32 Å². The molecule has 0 spiro atoms. The van der Waals surface area contributed by atoms with Gasteiger partial charge in [0.1, 0.15) is 0 Å². The summed E-state index contributed by atoms with van der Waals surface area (Å²) in [6.07, 6.45) is 5.00. The summed E-state index contributed by atoms with van der Waals surface area (Å²) in [5.41, 5.74) is 3.34. The van der Waals surface area contributed by atoms with Gasteiger partial charge in [-0.05, 0) is 45.2 Å². The van der Waals surface area contributed by atoms with Crippen LogP contribution in [0.5, 0.6) is 0 Å². The van der Waals surface area contributed by atoms with E-state index in [0.717, 1.165) is 30.8 Å². The summed E-state index contributed by atoms with van der Waals surface area (Å²) in [6.45, 7) is 7.19. The average Bonchev–Trinajstić information content (AvgIpc) is 2.34. The van der Waals surface area contributed by atoms with Crippen molar-refractivity contribution >= 4 is 5.69 Å². The Bertz CT molecular complexity index is 390. The van der Waals surface area contributed by atoms with E-state index in [0.29, 0.717) is 12.1 Å². The number of hydrogen-bond donors (Lipinski definition) is 1. The van der Waals surface area contributed by atoms with E-state index in [9.17, 15) is 0 Å². The van der Waals surface area contributed by atoms with Crippen LogP contribution in [0.15, 0.2) is 12.1 Å². The minimum absolute atomic E-state index is 0.431. The molecule has 0 aliphatic carbocycles. The number of nitrogens with one attached hydrogen (secondary N) is 1. The maximum Gasteiger partial charge on any atom is 0.0606 e. The van der Waals surface area contributed by atoms with Crippen LogP contribution in [-0.2, 0) is 4.74 Å². The van der Waals surface area contributed by atoms with Gasteiger partial charge in [-0.25, -0.2) is 0 Å². The molecule has 1 fully saturated rings.